The van der Waals surface area contributed by atoms with Crippen molar-refractivity contribution in [1.29, 1.82) is 0 Å². The number of rotatable bonds is 5. The van der Waals surface area contributed by atoms with Crippen LogP contribution in [-0.2, 0) is 4.79 Å². The Morgan fingerprint density at radius 2 is 2.03 bits per heavy atom. The van der Waals surface area contributed by atoms with Gasteiger partial charge in [0.05, 0.1) is 16.8 Å². The molecule has 0 aliphatic heterocycles. The maximum Gasteiger partial charge on any atom is 0.250 e. The van der Waals surface area contributed by atoms with Gasteiger partial charge in [-0.2, -0.15) is 0 Å². The zero-order valence-electron chi connectivity index (χ0n) is 18.1. The number of aromatic nitrogens is 1. The first-order chi connectivity index (χ1) is 14.8. The number of nitrogens with zero attached hydrogens (tertiary/aromatic N) is 1. The Morgan fingerprint density at radius 1 is 1.26 bits per heavy atom. The number of allylic oxidation sites excluding steroid dienone is 1. The lowest BCUT2D eigenvalue weighted by atomic mass is 9.98. The number of hydrogen-bond acceptors (Lipinski definition) is 5. The highest BCUT2D eigenvalue weighted by atomic mass is 35.5. The van der Waals surface area contributed by atoms with Crippen molar-refractivity contribution in [3.05, 3.63) is 57.8 Å². The van der Waals surface area contributed by atoms with Crippen LogP contribution in [0.1, 0.15) is 36.3 Å². The lowest BCUT2D eigenvalue weighted by molar-refractivity contribution is -0.111. The first kappa shape index (κ1) is 21.4. The lowest BCUT2D eigenvalue weighted by Gasteiger charge is -2.14. The van der Waals surface area contributed by atoms with Crippen molar-refractivity contribution >= 4 is 60.7 Å². The van der Waals surface area contributed by atoms with E-state index in [1.54, 1.807) is 12.1 Å². The molecule has 1 N–H and O–H groups in total. The molecule has 2 aromatic carbocycles. The number of carbonyl (C=O) groups is 1. The Labute approximate surface area is 189 Å². The van der Waals surface area contributed by atoms with Crippen LogP contribution in [-0.4, -0.2) is 17.5 Å². The number of ether oxygens (including phenoxy) is 1. The SMILES string of the molecule is CCOc1c(/C(C)=C/C(=O)Nc2nc3ccc(Cl)cc3s2)cc2c(C)c(C)oc2c1C. The molecule has 5 nitrogen and oxygen atoms in total. The molecule has 4 rings (SSSR count). The Morgan fingerprint density at radius 3 is 2.77 bits per heavy atom. The molecular formula is C24H23ClN2O3S. The minimum absolute atomic E-state index is 0.247. The first-order valence-electron chi connectivity index (χ1n) is 10.00. The molecule has 0 radical (unpaired) electrons. The van der Waals surface area contributed by atoms with Crippen molar-refractivity contribution in [1.82, 2.24) is 4.98 Å². The van der Waals surface area contributed by atoms with Crippen molar-refractivity contribution in [3.63, 3.8) is 0 Å². The first-order valence-corrected chi connectivity index (χ1v) is 11.2. The van der Waals surface area contributed by atoms with E-state index in [9.17, 15) is 4.79 Å². The molecule has 1 amide bonds. The van der Waals surface area contributed by atoms with E-state index in [-0.39, 0.29) is 5.91 Å². The fourth-order valence-corrected chi connectivity index (χ4v) is 4.75. The summed E-state index contributed by atoms with van der Waals surface area (Å²) in [5.41, 5.74) is 5.33. The number of benzene rings is 2. The van der Waals surface area contributed by atoms with Crippen LogP contribution in [0, 0.1) is 20.8 Å². The summed E-state index contributed by atoms with van der Waals surface area (Å²) in [7, 11) is 0. The van der Waals surface area contributed by atoms with Crippen LogP contribution in [0.5, 0.6) is 5.75 Å². The molecule has 0 saturated carbocycles. The number of fused-ring (bicyclic) bond motifs is 2. The molecular weight excluding hydrogens is 432 g/mol. The van der Waals surface area contributed by atoms with Gasteiger partial charge in [-0.05, 0) is 70.0 Å². The summed E-state index contributed by atoms with van der Waals surface area (Å²) in [5, 5.41) is 5.07. The van der Waals surface area contributed by atoms with Crippen LogP contribution < -0.4 is 10.1 Å². The van der Waals surface area contributed by atoms with Crippen molar-refractivity contribution in [3.8, 4) is 5.75 Å². The molecule has 0 bridgehead atoms. The molecule has 2 aromatic heterocycles. The molecule has 0 unspecified atom stereocenters. The van der Waals surface area contributed by atoms with E-state index in [0.717, 1.165) is 55.0 Å². The summed E-state index contributed by atoms with van der Waals surface area (Å²) in [5.74, 6) is 1.37. The van der Waals surface area contributed by atoms with Crippen LogP contribution in [0.25, 0.3) is 26.8 Å². The van der Waals surface area contributed by atoms with Gasteiger partial charge in [-0.3, -0.25) is 10.1 Å². The molecule has 0 saturated heterocycles. The van der Waals surface area contributed by atoms with E-state index in [1.807, 2.05) is 52.8 Å². The molecule has 0 aliphatic carbocycles. The van der Waals surface area contributed by atoms with Gasteiger partial charge in [0.25, 0.3) is 0 Å². The topological polar surface area (TPSA) is 64.4 Å². The largest absolute Gasteiger partial charge is 0.493 e. The van der Waals surface area contributed by atoms with Gasteiger partial charge < -0.3 is 9.15 Å². The van der Waals surface area contributed by atoms with Crippen LogP contribution in [0.3, 0.4) is 0 Å². The number of halogens is 1. The molecule has 7 heteroatoms. The maximum absolute atomic E-state index is 12.7. The molecule has 160 valence electrons. The number of furan rings is 1. The van der Waals surface area contributed by atoms with Crippen LogP contribution in [0.15, 0.2) is 34.8 Å². The second-order valence-corrected chi connectivity index (χ2v) is 8.89. The quantitative estimate of drug-likeness (QED) is 0.328. The fraction of sp³-hybridized carbons (Fsp3) is 0.250. The van der Waals surface area contributed by atoms with Gasteiger partial charge in [0.1, 0.15) is 17.1 Å². The van der Waals surface area contributed by atoms with E-state index < -0.39 is 0 Å². The van der Waals surface area contributed by atoms with Crippen molar-refractivity contribution in [2.75, 3.05) is 11.9 Å². The second-order valence-electron chi connectivity index (χ2n) is 7.42. The summed E-state index contributed by atoms with van der Waals surface area (Å²) >= 11 is 7.43. The normalized spacial score (nSPS) is 12.0. The molecule has 0 aliphatic rings. The Balaban J connectivity index is 1.69. The van der Waals surface area contributed by atoms with Crippen molar-refractivity contribution < 1.29 is 13.9 Å². The number of nitrogens with one attached hydrogen (secondary N) is 1. The third-order valence-electron chi connectivity index (χ3n) is 5.29. The number of amides is 1. The summed E-state index contributed by atoms with van der Waals surface area (Å²) in [6, 6.07) is 7.50. The van der Waals surface area contributed by atoms with E-state index >= 15 is 0 Å². The minimum Gasteiger partial charge on any atom is -0.493 e. The molecule has 2 heterocycles. The van der Waals surface area contributed by atoms with Crippen LogP contribution in [0.4, 0.5) is 5.13 Å². The fourth-order valence-electron chi connectivity index (χ4n) is 3.60. The Bertz CT molecular complexity index is 1350. The molecule has 0 fully saturated rings. The molecule has 4 aromatic rings. The summed E-state index contributed by atoms with van der Waals surface area (Å²) in [6.07, 6.45) is 1.57. The number of thiazole rings is 1. The Kier molecular flexibility index (Phi) is 5.77. The summed E-state index contributed by atoms with van der Waals surface area (Å²) in [6.45, 7) is 10.3. The van der Waals surface area contributed by atoms with Crippen LogP contribution in [0.2, 0.25) is 5.02 Å². The van der Waals surface area contributed by atoms with Crippen molar-refractivity contribution in [2.24, 2.45) is 0 Å². The summed E-state index contributed by atoms with van der Waals surface area (Å²) < 4.78 is 12.8. The van der Waals surface area contributed by atoms with Crippen molar-refractivity contribution in [2.45, 2.75) is 34.6 Å². The standard InChI is InChI=1S/C24H23ClN2O3S/c1-6-29-22-14(4)23-18(13(3)15(5)30-23)11-17(22)12(2)9-21(28)27-24-26-19-8-7-16(25)10-20(19)31-24/h7-11H,6H2,1-5H3,(H,26,27,28)/b12-9+. The van der Waals surface area contributed by atoms with Gasteiger partial charge in [-0.25, -0.2) is 4.98 Å². The van der Waals surface area contributed by atoms with Gasteiger partial charge in [-0.15, -0.1) is 0 Å². The smallest absolute Gasteiger partial charge is 0.250 e. The van der Waals surface area contributed by atoms with Gasteiger partial charge >= 0.3 is 0 Å². The minimum atomic E-state index is -0.247. The predicted molar refractivity (Wildman–Crippen MR) is 129 cm³/mol. The third-order valence-corrected chi connectivity index (χ3v) is 6.46. The lowest BCUT2D eigenvalue weighted by Crippen LogP contribution is -2.08. The van der Waals surface area contributed by atoms with Gasteiger partial charge in [0.2, 0.25) is 5.91 Å². The molecule has 31 heavy (non-hydrogen) atoms. The Hall–Kier alpha value is -2.83. The highest BCUT2D eigenvalue weighted by Crippen LogP contribution is 2.39. The predicted octanol–water partition coefficient (Wildman–Crippen LogP) is 7.06. The molecule has 0 atom stereocenters. The van der Waals surface area contributed by atoms with E-state index in [1.165, 1.54) is 11.3 Å². The average Bonchev–Trinajstić information content (AvgIpc) is 3.23. The highest BCUT2D eigenvalue weighted by Gasteiger charge is 2.19. The zero-order valence-corrected chi connectivity index (χ0v) is 19.6. The van der Waals surface area contributed by atoms with Gasteiger partial charge in [0, 0.05) is 27.6 Å². The number of carbonyl (C=O) groups excluding carboxylic acids is 1. The number of hydrogen-bond donors (Lipinski definition) is 1. The van der Waals surface area contributed by atoms with E-state index in [2.05, 4.69) is 10.3 Å². The average molecular weight is 455 g/mol. The third kappa shape index (κ3) is 4.05. The number of anilines is 1. The van der Waals surface area contributed by atoms with Crippen LogP contribution >= 0.6 is 22.9 Å². The highest BCUT2D eigenvalue weighted by molar-refractivity contribution is 7.22. The van der Waals surface area contributed by atoms with Gasteiger partial charge in [0.15, 0.2) is 5.13 Å². The molecule has 0 spiro atoms. The monoisotopic (exact) mass is 454 g/mol. The van der Waals surface area contributed by atoms with Gasteiger partial charge in [-0.1, -0.05) is 22.9 Å². The van der Waals surface area contributed by atoms with E-state index in [4.69, 9.17) is 20.8 Å². The summed E-state index contributed by atoms with van der Waals surface area (Å²) in [4.78, 5) is 17.2. The zero-order chi connectivity index (χ0) is 22.3. The maximum atomic E-state index is 12.7. The second kappa shape index (κ2) is 8.36. The number of aryl methyl sites for hydroxylation is 3. The van der Waals surface area contributed by atoms with E-state index in [0.29, 0.717) is 16.8 Å².